The van der Waals surface area contributed by atoms with Gasteiger partial charge in [0.05, 0.1) is 31.6 Å². The predicted octanol–water partition coefficient (Wildman–Crippen LogP) is 6.97. The molecule has 1 unspecified atom stereocenters. The van der Waals surface area contributed by atoms with Crippen LogP contribution in [0.15, 0.2) is 121 Å². The van der Waals surface area contributed by atoms with Gasteiger partial charge in [0.2, 0.25) is 5.91 Å². The lowest BCUT2D eigenvalue weighted by Crippen LogP contribution is -2.42. The number of hydrogen-bond acceptors (Lipinski definition) is 10. The van der Waals surface area contributed by atoms with Crippen LogP contribution in [0.4, 0.5) is 5.69 Å². The molecular weight excluding hydrogens is 729 g/mol. The van der Waals surface area contributed by atoms with Crippen molar-refractivity contribution < 1.29 is 28.6 Å². The van der Waals surface area contributed by atoms with E-state index in [0.717, 1.165) is 34.4 Å². The van der Waals surface area contributed by atoms with Crippen molar-refractivity contribution in [3.05, 3.63) is 143 Å². The molecule has 56 heavy (non-hydrogen) atoms. The van der Waals surface area contributed by atoms with Crippen molar-refractivity contribution >= 4 is 35.2 Å². The number of esters is 1. The highest BCUT2D eigenvalue weighted by Gasteiger charge is 2.34. The molecule has 0 fully saturated rings. The molecule has 1 N–H and O–H groups in total. The Labute approximate surface area is 328 Å². The zero-order valence-electron chi connectivity index (χ0n) is 31.2. The highest BCUT2D eigenvalue weighted by Crippen LogP contribution is 2.41. The molecular formula is C43H40N6O6S. The Kier molecular flexibility index (Phi) is 11.7. The number of aryl methyl sites for hydroxylation is 1. The lowest BCUT2D eigenvalue weighted by atomic mass is 9.87. The number of aromatic nitrogens is 4. The number of pyridine rings is 1. The van der Waals surface area contributed by atoms with E-state index in [-0.39, 0.29) is 23.1 Å². The normalized spacial score (nSPS) is 13.4. The zero-order valence-corrected chi connectivity index (χ0v) is 32.0. The summed E-state index contributed by atoms with van der Waals surface area (Å²) in [5.74, 6) is 0.672. The summed E-state index contributed by atoms with van der Waals surface area (Å²) in [6.45, 7) is 2.10. The first-order valence-electron chi connectivity index (χ1n) is 18.1. The number of carbonyl (C=O) groups excluding carboxylic acids is 3. The number of hydrogen-bond donors (Lipinski definition) is 1. The summed E-state index contributed by atoms with van der Waals surface area (Å²) in [5, 5.41) is 12.3. The third-order valence-corrected chi connectivity index (χ3v) is 10.5. The lowest BCUT2D eigenvalue weighted by molar-refractivity contribution is -0.136. The molecule has 6 aromatic rings. The van der Waals surface area contributed by atoms with Crippen LogP contribution in [0.5, 0.6) is 11.5 Å². The summed E-state index contributed by atoms with van der Waals surface area (Å²) in [6.07, 6.45) is 4.92. The van der Waals surface area contributed by atoms with E-state index in [0.29, 0.717) is 41.1 Å². The molecule has 0 bridgehead atoms. The molecule has 1 aliphatic rings. The second-order valence-corrected chi connectivity index (χ2v) is 13.9. The van der Waals surface area contributed by atoms with Crippen molar-refractivity contribution in [1.29, 1.82) is 0 Å². The van der Waals surface area contributed by atoms with Gasteiger partial charge in [-0.25, -0.2) is 4.79 Å². The number of fused-ring (bicyclic) bond motifs is 1. The third-order valence-electron chi connectivity index (χ3n) is 9.55. The summed E-state index contributed by atoms with van der Waals surface area (Å²) in [4.78, 5) is 45.7. The van der Waals surface area contributed by atoms with E-state index in [9.17, 15) is 14.4 Å². The quantitative estimate of drug-likeness (QED) is 0.0969. The van der Waals surface area contributed by atoms with Crippen LogP contribution in [0, 0.1) is 0 Å². The lowest BCUT2D eigenvalue weighted by Gasteiger charge is -2.38. The molecule has 0 saturated heterocycles. The number of thioether (sulfide) groups is 1. The molecule has 12 nitrogen and oxygen atoms in total. The van der Waals surface area contributed by atoms with E-state index in [2.05, 4.69) is 39.6 Å². The van der Waals surface area contributed by atoms with Gasteiger partial charge in [0.25, 0.3) is 5.91 Å². The van der Waals surface area contributed by atoms with E-state index in [1.54, 1.807) is 55.8 Å². The number of nitrogens with zero attached hydrogens (tertiary/aromatic N) is 5. The second kappa shape index (κ2) is 17.3. The topological polar surface area (TPSA) is 138 Å². The fraction of sp³-hybridized carbons (Fsp3) is 0.209. The van der Waals surface area contributed by atoms with Crippen LogP contribution < -0.4 is 14.8 Å². The molecule has 1 aliphatic heterocycles. The first kappa shape index (κ1) is 37.8. The van der Waals surface area contributed by atoms with Crippen molar-refractivity contribution in [3.63, 3.8) is 0 Å². The Morgan fingerprint density at radius 3 is 2.27 bits per heavy atom. The van der Waals surface area contributed by atoms with Gasteiger partial charge in [-0.2, -0.15) is 0 Å². The summed E-state index contributed by atoms with van der Waals surface area (Å²) in [5.41, 5.74) is 6.59. The van der Waals surface area contributed by atoms with Crippen molar-refractivity contribution in [2.45, 2.75) is 31.0 Å². The van der Waals surface area contributed by atoms with E-state index in [1.165, 1.54) is 17.3 Å². The highest BCUT2D eigenvalue weighted by molar-refractivity contribution is 7.99. The summed E-state index contributed by atoms with van der Waals surface area (Å²) in [7, 11) is 3.18. The first-order chi connectivity index (χ1) is 27.4. The van der Waals surface area contributed by atoms with Gasteiger partial charge in [-0.05, 0) is 95.8 Å². The molecule has 0 aliphatic carbocycles. The number of rotatable bonds is 13. The fourth-order valence-corrected chi connectivity index (χ4v) is 7.44. The Morgan fingerprint density at radius 2 is 1.57 bits per heavy atom. The van der Waals surface area contributed by atoms with Crippen LogP contribution in [-0.4, -0.2) is 75.6 Å². The van der Waals surface area contributed by atoms with Gasteiger partial charge in [0, 0.05) is 35.9 Å². The van der Waals surface area contributed by atoms with Crippen LogP contribution in [0.3, 0.4) is 0 Å². The average Bonchev–Trinajstić information content (AvgIpc) is 3.68. The van der Waals surface area contributed by atoms with Gasteiger partial charge in [0.1, 0.15) is 0 Å². The summed E-state index contributed by atoms with van der Waals surface area (Å²) >= 11 is 1.26. The molecule has 13 heteroatoms. The maximum absolute atomic E-state index is 13.7. The molecule has 7 rings (SSSR count). The number of benzene rings is 4. The van der Waals surface area contributed by atoms with Crippen LogP contribution in [0.25, 0.3) is 17.1 Å². The molecule has 4 aromatic carbocycles. The zero-order chi connectivity index (χ0) is 39.0. The molecule has 2 aromatic heterocycles. The highest BCUT2D eigenvalue weighted by atomic mass is 32.2. The monoisotopic (exact) mass is 768 g/mol. The standard InChI is InChI=1S/C43H40N6O6S/c1-4-28-10-16-34(17-11-28)49-41(30-18-21-44-22-19-30)46-47-43(49)56-27-38(50)45-33-14-12-31(13-15-33)42(52)55-26-39(51)48-23-20-32-24-36(53-2)37(54-3)25-35(32)40(48)29-8-6-5-7-9-29/h5-19,21-22,24-25,40H,4,20,23,26-27H2,1-3H3,(H,45,50). The molecule has 1 atom stereocenters. The number of ether oxygens (including phenoxy) is 3. The smallest absolute Gasteiger partial charge is 0.338 e. The van der Waals surface area contributed by atoms with Crippen molar-refractivity contribution in [2.24, 2.45) is 0 Å². The van der Waals surface area contributed by atoms with Crippen molar-refractivity contribution in [3.8, 4) is 28.6 Å². The van der Waals surface area contributed by atoms with Crippen LogP contribution in [0.2, 0.25) is 0 Å². The Bertz CT molecular complexity index is 2320. The van der Waals surface area contributed by atoms with Gasteiger partial charge < -0.3 is 24.4 Å². The first-order valence-corrected chi connectivity index (χ1v) is 19.1. The van der Waals surface area contributed by atoms with E-state index in [1.807, 2.05) is 71.3 Å². The molecule has 0 radical (unpaired) electrons. The number of nitrogens with one attached hydrogen (secondary N) is 1. The van der Waals surface area contributed by atoms with Gasteiger partial charge >= 0.3 is 5.97 Å². The average molecular weight is 769 g/mol. The molecule has 0 saturated carbocycles. The molecule has 3 heterocycles. The van der Waals surface area contributed by atoms with Crippen LogP contribution in [0.1, 0.15) is 45.6 Å². The largest absolute Gasteiger partial charge is 0.493 e. The number of carbonyl (C=O) groups is 3. The Morgan fingerprint density at radius 1 is 0.857 bits per heavy atom. The van der Waals surface area contributed by atoms with Gasteiger partial charge in [-0.1, -0.05) is 61.2 Å². The van der Waals surface area contributed by atoms with Gasteiger partial charge in [0.15, 0.2) is 29.1 Å². The number of anilines is 1. The number of methoxy groups -OCH3 is 2. The summed E-state index contributed by atoms with van der Waals surface area (Å²) in [6, 6.07) is 31.4. The fourth-order valence-electron chi connectivity index (χ4n) is 6.68. The van der Waals surface area contributed by atoms with Crippen LogP contribution in [-0.2, 0) is 27.2 Å². The minimum atomic E-state index is -0.650. The maximum Gasteiger partial charge on any atom is 0.338 e. The minimum Gasteiger partial charge on any atom is -0.493 e. The third kappa shape index (κ3) is 8.27. The van der Waals surface area contributed by atoms with Crippen LogP contribution >= 0.6 is 11.8 Å². The SMILES string of the molecule is CCc1ccc(-n2c(SCC(=O)Nc3ccc(C(=O)OCC(=O)N4CCc5cc(OC)c(OC)cc5C4c4ccccc4)cc3)nnc2-c2ccncc2)cc1. The van der Waals surface area contributed by atoms with E-state index >= 15 is 0 Å². The molecule has 2 amide bonds. The second-order valence-electron chi connectivity index (χ2n) is 12.9. The van der Waals surface area contributed by atoms with E-state index < -0.39 is 18.6 Å². The van der Waals surface area contributed by atoms with Gasteiger partial charge in [-0.3, -0.25) is 19.1 Å². The molecule has 284 valence electrons. The Balaban J connectivity index is 0.976. The Hall–Kier alpha value is -6.47. The minimum absolute atomic E-state index is 0.0682. The summed E-state index contributed by atoms with van der Waals surface area (Å²) < 4.78 is 18.5. The maximum atomic E-state index is 13.7. The van der Waals surface area contributed by atoms with Crippen molar-refractivity contribution in [2.75, 3.05) is 38.4 Å². The van der Waals surface area contributed by atoms with Crippen molar-refractivity contribution in [1.82, 2.24) is 24.6 Å². The van der Waals surface area contributed by atoms with Gasteiger partial charge in [-0.15, -0.1) is 10.2 Å². The number of amides is 2. The molecule has 0 spiro atoms. The van der Waals surface area contributed by atoms with E-state index in [4.69, 9.17) is 14.2 Å². The predicted molar refractivity (Wildman–Crippen MR) is 213 cm³/mol.